The van der Waals surface area contributed by atoms with Crippen molar-refractivity contribution in [3.8, 4) is 12.1 Å². The Morgan fingerprint density at radius 2 is 1.42 bits per heavy atom. The number of benzene rings is 2. The molecule has 0 heterocycles. The number of halogens is 1. The molecule has 1 N–H and O–H groups in total. The molecule has 0 spiro atoms. The van der Waals surface area contributed by atoms with E-state index in [4.69, 9.17) is 15.6 Å². The molecular weight excluding hydrogens is 392 g/mol. The lowest BCUT2D eigenvalue weighted by atomic mass is 10.0. The third-order valence-electron chi connectivity index (χ3n) is 4.86. The number of carboxylic acid groups (broad SMARTS) is 1. The predicted octanol–water partition coefficient (Wildman–Crippen LogP) is 4.55. The fraction of sp³-hybridized carbons (Fsp3) is 0.286. The highest BCUT2D eigenvalue weighted by Crippen LogP contribution is 2.30. The smallest absolute Gasteiger partial charge is 0.336 e. The minimum atomic E-state index is -0.930. The summed E-state index contributed by atoms with van der Waals surface area (Å²) in [5.74, 6) is -0.930. The Morgan fingerprint density at radius 3 is 2.00 bits per heavy atom. The molecule has 0 amide bonds. The number of nitrogens with zero attached hydrogens (tertiary/aromatic N) is 2. The van der Waals surface area contributed by atoms with E-state index >= 15 is 0 Å². The van der Waals surface area contributed by atoms with Crippen molar-refractivity contribution >= 4 is 21.9 Å². The molecular formula is C21H17BrN2O2. The number of nitriles is 2. The lowest BCUT2D eigenvalue weighted by Crippen LogP contribution is -2.02. The summed E-state index contributed by atoms with van der Waals surface area (Å²) in [6.07, 6.45) is 6.21. The minimum absolute atomic E-state index is 0.302. The second-order valence-corrected chi connectivity index (χ2v) is 7.35. The van der Waals surface area contributed by atoms with Crippen LogP contribution in [0.15, 0.2) is 28.7 Å². The van der Waals surface area contributed by atoms with Crippen molar-refractivity contribution in [1.82, 2.24) is 0 Å². The molecule has 2 aliphatic carbocycles. The predicted molar refractivity (Wildman–Crippen MR) is 101 cm³/mol. The van der Waals surface area contributed by atoms with Crippen LogP contribution in [-0.4, -0.2) is 11.1 Å². The average Bonchev–Trinajstić information content (AvgIpc) is 3.30. The van der Waals surface area contributed by atoms with Crippen LogP contribution in [0.3, 0.4) is 0 Å². The summed E-state index contributed by atoms with van der Waals surface area (Å²) in [6.45, 7) is 0. The zero-order valence-electron chi connectivity index (χ0n) is 14.2. The fourth-order valence-electron chi connectivity index (χ4n) is 3.68. The van der Waals surface area contributed by atoms with Crippen LogP contribution < -0.4 is 0 Å². The van der Waals surface area contributed by atoms with Crippen molar-refractivity contribution in [2.75, 3.05) is 0 Å². The largest absolute Gasteiger partial charge is 0.478 e. The van der Waals surface area contributed by atoms with Gasteiger partial charge in [-0.15, -0.1) is 0 Å². The van der Waals surface area contributed by atoms with Gasteiger partial charge in [0.15, 0.2) is 0 Å². The molecule has 4 nitrogen and oxygen atoms in total. The topological polar surface area (TPSA) is 84.9 Å². The molecule has 0 saturated heterocycles. The number of fused-ring (bicyclic) bond motifs is 2. The Hall–Kier alpha value is -2.63. The van der Waals surface area contributed by atoms with Crippen molar-refractivity contribution < 1.29 is 9.90 Å². The second-order valence-electron chi connectivity index (χ2n) is 6.49. The lowest BCUT2D eigenvalue weighted by molar-refractivity contribution is 0.0695. The van der Waals surface area contributed by atoms with Crippen LogP contribution in [0, 0.1) is 22.7 Å². The first-order valence-corrected chi connectivity index (χ1v) is 9.33. The summed E-state index contributed by atoms with van der Waals surface area (Å²) in [5.41, 5.74) is 6.20. The van der Waals surface area contributed by atoms with E-state index in [1.165, 1.54) is 23.6 Å². The van der Waals surface area contributed by atoms with Crippen molar-refractivity contribution in [3.05, 3.63) is 67.7 Å². The summed E-state index contributed by atoms with van der Waals surface area (Å²) in [4.78, 5) is 10.9. The molecule has 4 rings (SSSR count). The summed E-state index contributed by atoms with van der Waals surface area (Å²) >= 11 is 3.49. The molecule has 26 heavy (non-hydrogen) atoms. The molecule has 130 valence electrons. The highest BCUT2D eigenvalue weighted by molar-refractivity contribution is 9.10. The van der Waals surface area contributed by atoms with Gasteiger partial charge in [-0.1, -0.05) is 15.9 Å². The highest BCUT2D eigenvalue weighted by atomic mass is 79.9. The molecule has 0 aliphatic heterocycles. The molecule has 0 aromatic heterocycles. The van der Waals surface area contributed by atoms with E-state index in [0.29, 0.717) is 11.1 Å². The number of hydrogen-bond acceptors (Lipinski definition) is 3. The number of rotatable bonds is 1. The average molecular weight is 409 g/mol. The van der Waals surface area contributed by atoms with Crippen LogP contribution in [-0.2, 0) is 25.7 Å². The minimum Gasteiger partial charge on any atom is -0.478 e. The second kappa shape index (κ2) is 7.72. The van der Waals surface area contributed by atoms with Gasteiger partial charge in [-0.05, 0) is 85.0 Å². The third kappa shape index (κ3) is 3.64. The molecule has 0 unspecified atom stereocenters. The fourth-order valence-corrected chi connectivity index (χ4v) is 4.38. The van der Waals surface area contributed by atoms with Crippen molar-refractivity contribution in [1.29, 1.82) is 10.5 Å². The molecule has 0 radical (unpaired) electrons. The Bertz CT molecular complexity index is 967. The first-order chi connectivity index (χ1) is 12.5. The normalized spacial score (nSPS) is 13.7. The maximum atomic E-state index is 10.9. The SMILES string of the molecule is N#Cc1cc(Br)c2c(c1)CCC2.N#Cc1cc2c(c(C(=O)O)c1)CCC2. The van der Waals surface area contributed by atoms with Gasteiger partial charge < -0.3 is 5.11 Å². The zero-order chi connectivity index (χ0) is 18.7. The third-order valence-corrected chi connectivity index (χ3v) is 5.57. The Labute approximate surface area is 160 Å². The molecule has 0 atom stereocenters. The van der Waals surface area contributed by atoms with E-state index in [9.17, 15) is 4.79 Å². The molecule has 2 aromatic carbocycles. The van der Waals surface area contributed by atoms with Crippen LogP contribution in [0.5, 0.6) is 0 Å². The van der Waals surface area contributed by atoms with E-state index < -0.39 is 5.97 Å². The van der Waals surface area contributed by atoms with Crippen LogP contribution >= 0.6 is 15.9 Å². The van der Waals surface area contributed by atoms with Crippen molar-refractivity contribution in [3.63, 3.8) is 0 Å². The van der Waals surface area contributed by atoms with Gasteiger partial charge in [0.2, 0.25) is 0 Å². The van der Waals surface area contributed by atoms with Gasteiger partial charge in [0.05, 0.1) is 28.8 Å². The van der Waals surface area contributed by atoms with Gasteiger partial charge in [-0.25, -0.2) is 4.79 Å². The van der Waals surface area contributed by atoms with Gasteiger partial charge in [0, 0.05) is 4.47 Å². The van der Waals surface area contributed by atoms with Gasteiger partial charge in [0.25, 0.3) is 0 Å². The Morgan fingerprint density at radius 1 is 0.885 bits per heavy atom. The molecule has 2 aromatic rings. The number of hydrogen-bond donors (Lipinski definition) is 1. The first-order valence-electron chi connectivity index (χ1n) is 8.54. The number of carboxylic acids is 1. The lowest BCUT2D eigenvalue weighted by Gasteiger charge is -2.04. The maximum Gasteiger partial charge on any atom is 0.336 e. The Balaban J connectivity index is 0.000000152. The van der Waals surface area contributed by atoms with Crippen LogP contribution in [0.1, 0.15) is 56.6 Å². The van der Waals surface area contributed by atoms with E-state index in [0.717, 1.165) is 53.3 Å². The van der Waals surface area contributed by atoms with Crippen LogP contribution in [0.4, 0.5) is 0 Å². The van der Waals surface area contributed by atoms with Gasteiger partial charge >= 0.3 is 5.97 Å². The summed E-state index contributed by atoms with van der Waals surface area (Å²) in [5, 5.41) is 26.4. The summed E-state index contributed by atoms with van der Waals surface area (Å²) in [7, 11) is 0. The van der Waals surface area contributed by atoms with E-state index in [1.54, 1.807) is 6.07 Å². The molecule has 0 saturated carbocycles. The molecule has 0 fully saturated rings. The van der Waals surface area contributed by atoms with E-state index in [1.807, 2.05) is 18.2 Å². The molecule has 2 aliphatic rings. The standard InChI is InChI=1S/C11H9NO2.C10H8BrN/c12-6-7-4-8-2-1-3-9(8)10(5-7)11(13)14;11-10-5-7(6-12)4-8-2-1-3-9(8)10/h4-5H,1-3H2,(H,13,14);4-5H,1-3H2. The summed E-state index contributed by atoms with van der Waals surface area (Å²) < 4.78 is 1.11. The number of aryl methyl sites for hydroxylation is 2. The van der Waals surface area contributed by atoms with Gasteiger partial charge in [-0.3, -0.25) is 0 Å². The Kier molecular flexibility index (Phi) is 5.40. The number of carbonyl (C=O) groups is 1. The summed E-state index contributed by atoms with van der Waals surface area (Å²) in [6, 6.07) is 11.3. The van der Waals surface area contributed by atoms with Crippen molar-refractivity contribution in [2.24, 2.45) is 0 Å². The quantitative estimate of drug-likeness (QED) is 0.749. The zero-order valence-corrected chi connectivity index (χ0v) is 15.8. The van der Waals surface area contributed by atoms with Crippen LogP contribution in [0.25, 0.3) is 0 Å². The van der Waals surface area contributed by atoms with Gasteiger partial charge in [0.1, 0.15) is 0 Å². The van der Waals surface area contributed by atoms with Gasteiger partial charge in [-0.2, -0.15) is 10.5 Å². The maximum absolute atomic E-state index is 10.9. The van der Waals surface area contributed by atoms with Crippen molar-refractivity contribution in [2.45, 2.75) is 38.5 Å². The van der Waals surface area contributed by atoms with E-state index in [-0.39, 0.29) is 0 Å². The molecule has 5 heteroatoms. The monoisotopic (exact) mass is 408 g/mol. The highest BCUT2D eigenvalue weighted by Gasteiger charge is 2.19. The van der Waals surface area contributed by atoms with E-state index in [2.05, 4.69) is 22.0 Å². The first kappa shape index (κ1) is 18.2. The molecule has 0 bridgehead atoms. The number of aromatic carboxylic acids is 1. The van der Waals surface area contributed by atoms with Crippen LogP contribution in [0.2, 0.25) is 0 Å².